The van der Waals surface area contributed by atoms with E-state index in [1.54, 1.807) is 0 Å². The first kappa shape index (κ1) is 15.5. The van der Waals surface area contributed by atoms with E-state index in [2.05, 4.69) is 15.2 Å². The Bertz CT molecular complexity index is 598. The van der Waals surface area contributed by atoms with Crippen molar-refractivity contribution in [3.8, 4) is 0 Å². The lowest BCUT2D eigenvalue weighted by molar-refractivity contribution is 0.441. The zero-order valence-electron chi connectivity index (χ0n) is 11.5. The molecule has 7 heteroatoms. The highest BCUT2D eigenvalue weighted by Crippen LogP contribution is 2.17. The van der Waals surface area contributed by atoms with Crippen LogP contribution in [0, 0.1) is 17.5 Å². The first-order valence-electron chi connectivity index (χ1n) is 6.84. The SMILES string of the molecule is NCCCCCc1n[nH]c(Cc2ccc(F)c(F)c2F)n1. The standard InChI is InChI=1S/C14H17F3N4/c15-10-6-5-9(13(16)14(10)17)8-12-19-11(20-21-12)4-2-1-3-7-18/h5-6H,1-4,7-8,18H2,(H,19,20,21). The Hall–Kier alpha value is -1.89. The molecule has 0 unspecified atom stereocenters. The maximum absolute atomic E-state index is 13.6. The van der Waals surface area contributed by atoms with E-state index in [0.29, 0.717) is 24.6 Å². The lowest BCUT2D eigenvalue weighted by Crippen LogP contribution is -2.00. The van der Waals surface area contributed by atoms with Crippen molar-refractivity contribution in [3.05, 3.63) is 46.8 Å². The second-order valence-electron chi connectivity index (χ2n) is 4.81. The molecule has 0 amide bonds. The molecule has 0 aliphatic rings. The molecule has 0 aliphatic carbocycles. The molecule has 0 saturated heterocycles. The van der Waals surface area contributed by atoms with Gasteiger partial charge in [0.1, 0.15) is 5.82 Å². The van der Waals surface area contributed by atoms with Crippen LogP contribution < -0.4 is 5.73 Å². The lowest BCUT2D eigenvalue weighted by Gasteiger charge is -2.02. The van der Waals surface area contributed by atoms with E-state index >= 15 is 0 Å². The summed E-state index contributed by atoms with van der Waals surface area (Å²) in [6.07, 6.45) is 3.62. The fraction of sp³-hybridized carbons (Fsp3) is 0.429. The second kappa shape index (κ2) is 7.21. The molecule has 0 spiro atoms. The van der Waals surface area contributed by atoms with Crippen LogP contribution in [0.25, 0.3) is 0 Å². The quantitative estimate of drug-likeness (QED) is 0.609. The number of aromatic nitrogens is 3. The Morgan fingerprint density at radius 1 is 1.05 bits per heavy atom. The van der Waals surface area contributed by atoms with Crippen molar-refractivity contribution in [2.45, 2.75) is 32.1 Å². The monoisotopic (exact) mass is 298 g/mol. The van der Waals surface area contributed by atoms with Gasteiger partial charge in [-0.15, -0.1) is 0 Å². The van der Waals surface area contributed by atoms with Crippen LogP contribution in [0.1, 0.15) is 36.5 Å². The van der Waals surface area contributed by atoms with Gasteiger partial charge in [0.05, 0.1) is 0 Å². The number of halogens is 3. The Morgan fingerprint density at radius 2 is 1.86 bits per heavy atom. The molecular weight excluding hydrogens is 281 g/mol. The van der Waals surface area contributed by atoms with Gasteiger partial charge in [-0.2, -0.15) is 5.10 Å². The summed E-state index contributed by atoms with van der Waals surface area (Å²) < 4.78 is 39.5. The largest absolute Gasteiger partial charge is 0.330 e. The zero-order chi connectivity index (χ0) is 15.2. The van der Waals surface area contributed by atoms with Crippen LogP contribution in [0.5, 0.6) is 0 Å². The highest BCUT2D eigenvalue weighted by Gasteiger charge is 2.15. The Morgan fingerprint density at radius 3 is 2.62 bits per heavy atom. The van der Waals surface area contributed by atoms with E-state index < -0.39 is 17.5 Å². The Balaban J connectivity index is 1.98. The number of rotatable bonds is 7. The van der Waals surface area contributed by atoms with Crippen LogP contribution in [0.3, 0.4) is 0 Å². The van der Waals surface area contributed by atoms with Gasteiger partial charge in [0, 0.05) is 12.8 Å². The fourth-order valence-corrected chi connectivity index (χ4v) is 2.01. The number of H-pyrrole nitrogens is 1. The number of benzene rings is 1. The lowest BCUT2D eigenvalue weighted by atomic mass is 10.1. The van der Waals surface area contributed by atoms with Gasteiger partial charge < -0.3 is 5.73 Å². The average Bonchev–Trinajstić information content (AvgIpc) is 2.92. The molecule has 3 N–H and O–H groups in total. The van der Waals surface area contributed by atoms with Gasteiger partial charge in [-0.25, -0.2) is 18.2 Å². The Labute approximate surface area is 120 Å². The minimum Gasteiger partial charge on any atom is -0.330 e. The minimum atomic E-state index is -1.46. The molecule has 0 bridgehead atoms. The third-order valence-electron chi connectivity index (χ3n) is 3.16. The highest BCUT2D eigenvalue weighted by atomic mass is 19.2. The van der Waals surface area contributed by atoms with Crippen LogP contribution in [0.15, 0.2) is 12.1 Å². The van der Waals surface area contributed by atoms with Crippen LogP contribution in [0.4, 0.5) is 13.2 Å². The molecule has 21 heavy (non-hydrogen) atoms. The average molecular weight is 298 g/mol. The number of nitrogens with zero attached hydrogens (tertiary/aromatic N) is 2. The summed E-state index contributed by atoms with van der Waals surface area (Å²) >= 11 is 0. The predicted molar refractivity (Wildman–Crippen MR) is 72.1 cm³/mol. The maximum atomic E-state index is 13.6. The summed E-state index contributed by atoms with van der Waals surface area (Å²) in [7, 11) is 0. The first-order chi connectivity index (χ1) is 10.1. The molecule has 1 aromatic carbocycles. The van der Waals surface area contributed by atoms with Gasteiger partial charge in [0.2, 0.25) is 0 Å². The summed E-state index contributed by atoms with van der Waals surface area (Å²) in [5.41, 5.74) is 5.45. The first-order valence-corrected chi connectivity index (χ1v) is 6.84. The molecule has 1 aromatic heterocycles. The molecule has 1 heterocycles. The number of nitrogens with one attached hydrogen (secondary N) is 1. The van der Waals surface area contributed by atoms with Crippen molar-refractivity contribution >= 4 is 0 Å². The van der Waals surface area contributed by atoms with E-state index in [4.69, 9.17) is 5.73 Å². The van der Waals surface area contributed by atoms with E-state index in [1.165, 1.54) is 6.07 Å². The number of hydrogen-bond donors (Lipinski definition) is 2. The smallest absolute Gasteiger partial charge is 0.194 e. The van der Waals surface area contributed by atoms with Crippen molar-refractivity contribution in [1.82, 2.24) is 15.2 Å². The molecule has 0 fully saturated rings. The predicted octanol–water partition coefficient (Wildman–Crippen LogP) is 2.48. The van der Waals surface area contributed by atoms with Gasteiger partial charge in [0.15, 0.2) is 23.3 Å². The van der Waals surface area contributed by atoms with Crippen molar-refractivity contribution in [2.24, 2.45) is 5.73 Å². The van der Waals surface area contributed by atoms with Crippen LogP contribution in [0.2, 0.25) is 0 Å². The van der Waals surface area contributed by atoms with Crippen molar-refractivity contribution in [1.29, 1.82) is 0 Å². The molecule has 114 valence electrons. The molecule has 0 aliphatic heterocycles. The van der Waals surface area contributed by atoms with E-state index in [-0.39, 0.29) is 12.0 Å². The van der Waals surface area contributed by atoms with Crippen molar-refractivity contribution in [3.63, 3.8) is 0 Å². The maximum Gasteiger partial charge on any atom is 0.194 e. The van der Waals surface area contributed by atoms with Crippen LogP contribution in [-0.4, -0.2) is 21.7 Å². The molecule has 0 saturated carbocycles. The third kappa shape index (κ3) is 4.04. The van der Waals surface area contributed by atoms with E-state index in [1.807, 2.05) is 0 Å². The molecule has 2 aromatic rings. The van der Waals surface area contributed by atoms with Crippen LogP contribution >= 0.6 is 0 Å². The van der Waals surface area contributed by atoms with Crippen molar-refractivity contribution in [2.75, 3.05) is 6.54 Å². The minimum absolute atomic E-state index is 0.0405. The van der Waals surface area contributed by atoms with Gasteiger partial charge in [-0.1, -0.05) is 12.5 Å². The molecular formula is C14H17F3N4. The number of hydrogen-bond acceptors (Lipinski definition) is 3. The second-order valence-corrected chi connectivity index (χ2v) is 4.81. The van der Waals surface area contributed by atoms with Crippen LogP contribution in [-0.2, 0) is 12.8 Å². The summed E-state index contributed by atoms with van der Waals surface area (Å²) in [5, 5.41) is 6.71. The van der Waals surface area contributed by atoms with Crippen molar-refractivity contribution < 1.29 is 13.2 Å². The van der Waals surface area contributed by atoms with E-state index in [0.717, 1.165) is 25.3 Å². The van der Waals surface area contributed by atoms with E-state index in [9.17, 15) is 13.2 Å². The fourth-order valence-electron chi connectivity index (χ4n) is 2.01. The Kier molecular flexibility index (Phi) is 5.32. The normalized spacial score (nSPS) is 11.0. The number of aryl methyl sites for hydroxylation is 1. The van der Waals surface area contributed by atoms with Gasteiger partial charge in [-0.05, 0) is 31.0 Å². The summed E-state index contributed by atoms with van der Waals surface area (Å²) in [4.78, 5) is 4.22. The molecule has 0 atom stereocenters. The molecule has 2 rings (SSSR count). The number of unbranched alkanes of at least 4 members (excludes halogenated alkanes) is 2. The topological polar surface area (TPSA) is 67.6 Å². The van der Waals surface area contributed by atoms with Gasteiger partial charge in [0.25, 0.3) is 0 Å². The summed E-state index contributed by atoms with van der Waals surface area (Å²) in [6, 6.07) is 2.11. The molecule has 0 radical (unpaired) electrons. The highest BCUT2D eigenvalue weighted by molar-refractivity contribution is 5.23. The van der Waals surface area contributed by atoms with Gasteiger partial charge >= 0.3 is 0 Å². The van der Waals surface area contributed by atoms with Gasteiger partial charge in [-0.3, -0.25) is 5.10 Å². The third-order valence-corrected chi connectivity index (χ3v) is 3.16. The zero-order valence-corrected chi connectivity index (χ0v) is 11.5. The summed E-state index contributed by atoms with van der Waals surface area (Å²) in [6.45, 7) is 0.661. The summed E-state index contributed by atoms with van der Waals surface area (Å²) in [5.74, 6) is -2.79. The molecule has 4 nitrogen and oxygen atoms in total. The number of aromatic amines is 1. The number of nitrogens with two attached hydrogens (primary N) is 1.